The van der Waals surface area contributed by atoms with E-state index in [2.05, 4.69) is 0 Å². The molecule has 0 aliphatic carbocycles. The Bertz CT molecular complexity index is 401. The van der Waals surface area contributed by atoms with E-state index in [4.69, 9.17) is 18.0 Å². The molecule has 0 radical (unpaired) electrons. The minimum Gasteiger partial charge on any atom is -0.389 e. The second-order valence-corrected chi connectivity index (χ2v) is 4.56. The van der Waals surface area contributed by atoms with Crippen molar-refractivity contribution in [2.45, 2.75) is 13.0 Å². The normalized spacial score (nSPS) is 10.2. The molecule has 1 aromatic rings. The Balaban J connectivity index is 2.85. The molecule has 0 unspecified atom stereocenters. The highest BCUT2D eigenvalue weighted by atomic mass is 32.2. The number of nitrogens with zero attached hydrogens (tertiary/aromatic N) is 1. The standard InChI is InChI=1S/C10H14N2OS2/c1-15-7-3-6-12-5-2-4-8(9(11)14)10(12)13/h2,4-5H,3,6-7H2,1H3,(H2,11,14). The van der Waals surface area contributed by atoms with Gasteiger partial charge in [-0.1, -0.05) is 12.2 Å². The van der Waals surface area contributed by atoms with Gasteiger partial charge in [-0.3, -0.25) is 4.79 Å². The van der Waals surface area contributed by atoms with E-state index < -0.39 is 0 Å². The summed E-state index contributed by atoms with van der Waals surface area (Å²) in [5.74, 6) is 1.05. The quantitative estimate of drug-likeness (QED) is 0.623. The lowest BCUT2D eigenvalue weighted by Gasteiger charge is -2.06. The predicted molar refractivity (Wildman–Crippen MR) is 69.6 cm³/mol. The molecule has 0 spiro atoms. The number of hydrogen-bond acceptors (Lipinski definition) is 3. The molecule has 15 heavy (non-hydrogen) atoms. The summed E-state index contributed by atoms with van der Waals surface area (Å²) in [4.78, 5) is 12.0. The Morgan fingerprint density at radius 3 is 3.00 bits per heavy atom. The van der Waals surface area contributed by atoms with Gasteiger partial charge in [0.2, 0.25) is 0 Å². The van der Waals surface area contributed by atoms with Crippen molar-refractivity contribution >= 4 is 29.0 Å². The molecule has 82 valence electrons. The molecule has 3 nitrogen and oxygen atoms in total. The van der Waals surface area contributed by atoms with E-state index in [9.17, 15) is 4.79 Å². The topological polar surface area (TPSA) is 48.0 Å². The highest BCUT2D eigenvalue weighted by Crippen LogP contribution is 1.98. The zero-order valence-corrected chi connectivity index (χ0v) is 10.2. The number of thioether (sulfide) groups is 1. The van der Waals surface area contributed by atoms with E-state index in [1.807, 2.05) is 6.26 Å². The van der Waals surface area contributed by atoms with Crippen LogP contribution < -0.4 is 11.3 Å². The summed E-state index contributed by atoms with van der Waals surface area (Å²) in [6.45, 7) is 0.718. The molecule has 0 fully saturated rings. The summed E-state index contributed by atoms with van der Waals surface area (Å²) >= 11 is 6.58. The molecule has 1 heterocycles. The van der Waals surface area contributed by atoms with Crippen molar-refractivity contribution in [3.8, 4) is 0 Å². The fourth-order valence-corrected chi connectivity index (χ4v) is 1.85. The third kappa shape index (κ3) is 3.35. The highest BCUT2D eigenvalue weighted by Gasteiger charge is 2.04. The van der Waals surface area contributed by atoms with E-state index in [1.165, 1.54) is 0 Å². The van der Waals surface area contributed by atoms with E-state index >= 15 is 0 Å². The summed E-state index contributed by atoms with van der Waals surface area (Å²) in [5.41, 5.74) is 5.79. The largest absolute Gasteiger partial charge is 0.389 e. The van der Waals surface area contributed by atoms with Gasteiger partial charge in [0.05, 0.1) is 5.56 Å². The van der Waals surface area contributed by atoms with Crippen LogP contribution in [0.25, 0.3) is 0 Å². The number of pyridine rings is 1. The molecule has 0 saturated heterocycles. The van der Waals surface area contributed by atoms with Crippen molar-refractivity contribution < 1.29 is 0 Å². The number of aryl methyl sites for hydroxylation is 1. The number of aromatic nitrogens is 1. The zero-order chi connectivity index (χ0) is 11.3. The van der Waals surface area contributed by atoms with Gasteiger partial charge in [-0.25, -0.2) is 0 Å². The lowest BCUT2D eigenvalue weighted by atomic mass is 10.2. The van der Waals surface area contributed by atoms with Crippen LogP contribution >= 0.6 is 24.0 Å². The summed E-state index contributed by atoms with van der Waals surface area (Å²) in [5, 5.41) is 0. The molecule has 0 bridgehead atoms. The van der Waals surface area contributed by atoms with Gasteiger partial charge < -0.3 is 10.3 Å². The van der Waals surface area contributed by atoms with Gasteiger partial charge in [0.1, 0.15) is 4.99 Å². The van der Waals surface area contributed by atoms with E-state index in [0.29, 0.717) is 5.56 Å². The molecule has 0 aromatic carbocycles. The lowest BCUT2D eigenvalue weighted by molar-refractivity contribution is 0.658. The second kappa shape index (κ2) is 5.92. The molecule has 0 atom stereocenters. The van der Waals surface area contributed by atoms with Crippen LogP contribution in [0.15, 0.2) is 23.1 Å². The molecular formula is C10H14N2OS2. The third-order valence-electron chi connectivity index (χ3n) is 2.03. The van der Waals surface area contributed by atoms with E-state index in [0.717, 1.165) is 18.7 Å². The molecule has 0 aliphatic heterocycles. The molecular weight excluding hydrogens is 228 g/mol. The average molecular weight is 242 g/mol. The fourth-order valence-electron chi connectivity index (χ4n) is 1.28. The smallest absolute Gasteiger partial charge is 0.260 e. The van der Waals surface area contributed by atoms with Crippen LogP contribution in [0, 0.1) is 0 Å². The van der Waals surface area contributed by atoms with Crippen molar-refractivity contribution in [3.05, 3.63) is 34.2 Å². The minimum absolute atomic E-state index is 0.0916. The first-order valence-electron chi connectivity index (χ1n) is 4.65. The first-order valence-corrected chi connectivity index (χ1v) is 6.45. The van der Waals surface area contributed by atoms with Crippen LogP contribution in [0.5, 0.6) is 0 Å². The number of thiocarbonyl (C=S) groups is 1. The third-order valence-corrected chi connectivity index (χ3v) is 2.95. The minimum atomic E-state index is -0.0916. The molecule has 1 aromatic heterocycles. The van der Waals surface area contributed by atoms with Crippen molar-refractivity contribution in [1.82, 2.24) is 4.57 Å². The lowest BCUT2D eigenvalue weighted by Crippen LogP contribution is -2.28. The van der Waals surface area contributed by atoms with Crippen molar-refractivity contribution in [2.75, 3.05) is 12.0 Å². The zero-order valence-electron chi connectivity index (χ0n) is 8.60. The maximum atomic E-state index is 11.8. The SMILES string of the molecule is CSCCCn1cccc(C(N)=S)c1=O. The Hall–Kier alpha value is -0.810. The monoisotopic (exact) mass is 242 g/mol. The number of nitrogens with two attached hydrogens (primary N) is 1. The Morgan fingerprint density at radius 1 is 1.67 bits per heavy atom. The fraction of sp³-hybridized carbons (Fsp3) is 0.400. The van der Waals surface area contributed by atoms with Gasteiger partial charge >= 0.3 is 0 Å². The van der Waals surface area contributed by atoms with Crippen LogP contribution in [0.1, 0.15) is 12.0 Å². The van der Waals surface area contributed by atoms with Crippen molar-refractivity contribution in [1.29, 1.82) is 0 Å². The van der Waals surface area contributed by atoms with Crippen molar-refractivity contribution in [2.24, 2.45) is 5.73 Å². The van der Waals surface area contributed by atoms with E-state index in [1.54, 1.807) is 34.7 Å². The summed E-state index contributed by atoms with van der Waals surface area (Å²) in [6.07, 6.45) is 4.79. The van der Waals surface area contributed by atoms with Crippen LogP contribution in [-0.4, -0.2) is 21.6 Å². The Labute approximate surface area is 98.7 Å². The summed E-state index contributed by atoms with van der Waals surface area (Å²) in [6, 6.07) is 3.46. The highest BCUT2D eigenvalue weighted by molar-refractivity contribution is 7.98. The van der Waals surface area contributed by atoms with Gasteiger partial charge in [0, 0.05) is 12.7 Å². The van der Waals surface area contributed by atoms with Gasteiger partial charge in [-0.15, -0.1) is 0 Å². The van der Waals surface area contributed by atoms with E-state index in [-0.39, 0.29) is 10.5 Å². The molecule has 0 amide bonds. The maximum absolute atomic E-state index is 11.8. The van der Waals surface area contributed by atoms with Crippen LogP contribution in [0.2, 0.25) is 0 Å². The summed E-state index contributed by atoms with van der Waals surface area (Å²) < 4.78 is 1.66. The van der Waals surface area contributed by atoms with Crippen LogP contribution in [-0.2, 0) is 6.54 Å². The van der Waals surface area contributed by atoms with Gasteiger partial charge in [0.15, 0.2) is 0 Å². The van der Waals surface area contributed by atoms with Crippen LogP contribution in [0.4, 0.5) is 0 Å². The molecule has 5 heteroatoms. The van der Waals surface area contributed by atoms with Gasteiger partial charge in [-0.2, -0.15) is 11.8 Å². The maximum Gasteiger partial charge on any atom is 0.260 e. The van der Waals surface area contributed by atoms with Crippen LogP contribution in [0.3, 0.4) is 0 Å². The first kappa shape index (κ1) is 12.3. The molecule has 0 aliphatic rings. The number of rotatable bonds is 5. The van der Waals surface area contributed by atoms with Crippen molar-refractivity contribution in [3.63, 3.8) is 0 Å². The predicted octanol–water partition coefficient (Wildman–Crippen LogP) is 1.24. The molecule has 1 rings (SSSR count). The second-order valence-electron chi connectivity index (χ2n) is 3.13. The first-order chi connectivity index (χ1) is 7.16. The van der Waals surface area contributed by atoms with Gasteiger partial charge in [-0.05, 0) is 30.6 Å². The average Bonchev–Trinajstić information content (AvgIpc) is 2.20. The van der Waals surface area contributed by atoms with Gasteiger partial charge in [0.25, 0.3) is 5.56 Å². The summed E-state index contributed by atoms with van der Waals surface area (Å²) in [7, 11) is 0. The Kier molecular flexibility index (Phi) is 4.84. The Morgan fingerprint density at radius 2 is 2.40 bits per heavy atom. The molecule has 2 N–H and O–H groups in total. The number of hydrogen-bond donors (Lipinski definition) is 1. The molecule has 0 saturated carbocycles.